The highest BCUT2D eigenvalue weighted by atomic mass is 16.5. The van der Waals surface area contributed by atoms with Crippen LogP contribution in [0.1, 0.15) is 53.9 Å². The van der Waals surface area contributed by atoms with Crippen LogP contribution in [-0.4, -0.2) is 43.2 Å². The molecule has 0 unspecified atom stereocenters. The van der Waals surface area contributed by atoms with Gasteiger partial charge in [0.1, 0.15) is 0 Å². The molecule has 0 aliphatic carbocycles. The predicted molar refractivity (Wildman–Crippen MR) is 80.0 cm³/mol. The summed E-state index contributed by atoms with van der Waals surface area (Å²) in [5.74, 6) is -0.126. The van der Waals surface area contributed by atoms with E-state index in [1.807, 2.05) is 6.92 Å². The van der Waals surface area contributed by atoms with Gasteiger partial charge in [-0.25, -0.2) is 0 Å². The number of esters is 1. The molecule has 0 rings (SSSR count). The fraction of sp³-hybridized carbons (Fsp3) is 0.933. The molecule has 0 bridgehead atoms. The molecule has 0 aromatic carbocycles. The van der Waals surface area contributed by atoms with Crippen LogP contribution in [-0.2, 0) is 9.53 Å². The molecule has 0 aromatic rings. The number of hydrogen-bond acceptors (Lipinski definition) is 4. The molecule has 0 atom stereocenters. The summed E-state index contributed by atoms with van der Waals surface area (Å²) >= 11 is 0. The lowest BCUT2D eigenvalue weighted by Crippen LogP contribution is -2.37. The minimum atomic E-state index is -0.126. The average Bonchev–Trinajstić information content (AvgIpc) is 2.33. The zero-order valence-electron chi connectivity index (χ0n) is 13.4. The fourth-order valence-corrected chi connectivity index (χ4v) is 1.91. The van der Waals surface area contributed by atoms with Crippen molar-refractivity contribution in [2.45, 2.75) is 59.9 Å². The van der Waals surface area contributed by atoms with Crippen molar-refractivity contribution in [3.63, 3.8) is 0 Å². The van der Waals surface area contributed by atoms with E-state index in [2.05, 4.69) is 32.6 Å². The molecule has 0 aliphatic heterocycles. The van der Waals surface area contributed by atoms with Crippen LogP contribution in [0.15, 0.2) is 0 Å². The van der Waals surface area contributed by atoms with Gasteiger partial charge in [-0.05, 0) is 52.1 Å². The maximum atomic E-state index is 11.5. The first kappa shape index (κ1) is 18.4. The van der Waals surface area contributed by atoms with E-state index in [-0.39, 0.29) is 11.4 Å². The van der Waals surface area contributed by atoms with Crippen LogP contribution in [0.2, 0.25) is 0 Å². The zero-order chi connectivity index (χ0) is 14.9. The summed E-state index contributed by atoms with van der Waals surface area (Å²) < 4.78 is 5.00. The molecular formula is C15H32N2O2. The third-order valence-electron chi connectivity index (χ3n) is 3.47. The molecule has 0 fully saturated rings. The van der Waals surface area contributed by atoms with Crippen LogP contribution in [0.4, 0.5) is 0 Å². The third-order valence-corrected chi connectivity index (χ3v) is 3.47. The molecule has 4 nitrogen and oxygen atoms in total. The number of ether oxygens (including phenoxy) is 1. The summed E-state index contributed by atoms with van der Waals surface area (Å²) in [4.78, 5) is 13.7. The Hall–Kier alpha value is -0.610. The van der Waals surface area contributed by atoms with Gasteiger partial charge in [0.25, 0.3) is 0 Å². The zero-order valence-corrected chi connectivity index (χ0v) is 13.4. The van der Waals surface area contributed by atoms with Crippen molar-refractivity contribution >= 4 is 5.97 Å². The van der Waals surface area contributed by atoms with E-state index < -0.39 is 0 Å². The van der Waals surface area contributed by atoms with Gasteiger partial charge in [-0.3, -0.25) is 9.69 Å². The lowest BCUT2D eigenvalue weighted by molar-refractivity contribution is -0.144. The van der Waals surface area contributed by atoms with Crippen LogP contribution < -0.4 is 5.73 Å². The molecule has 0 radical (unpaired) electrons. The van der Waals surface area contributed by atoms with Crippen LogP contribution in [0.25, 0.3) is 0 Å². The first-order chi connectivity index (χ1) is 8.82. The van der Waals surface area contributed by atoms with Crippen molar-refractivity contribution in [3.8, 4) is 0 Å². The van der Waals surface area contributed by atoms with Gasteiger partial charge in [0, 0.05) is 6.04 Å². The quantitative estimate of drug-likeness (QED) is 0.490. The number of nitrogens with zero attached hydrogens (tertiary/aromatic N) is 1. The van der Waals surface area contributed by atoms with Crippen molar-refractivity contribution < 1.29 is 9.53 Å². The summed E-state index contributed by atoms with van der Waals surface area (Å²) in [6.07, 6.45) is 3.38. The molecule has 19 heavy (non-hydrogen) atoms. The highest BCUT2D eigenvalue weighted by Crippen LogP contribution is 2.21. The molecule has 0 amide bonds. The van der Waals surface area contributed by atoms with Gasteiger partial charge >= 0.3 is 5.97 Å². The van der Waals surface area contributed by atoms with Crippen LogP contribution in [0, 0.1) is 5.41 Å². The van der Waals surface area contributed by atoms with Crippen LogP contribution in [0.5, 0.6) is 0 Å². The molecule has 0 aromatic heterocycles. The van der Waals surface area contributed by atoms with Crippen molar-refractivity contribution in [2.24, 2.45) is 11.1 Å². The first-order valence-corrected chi connectivity index (χ1v) is 7.42. The standard InChI is InChI=1S/C15H32N2O2/c1-6-19-14(18)11-17(13(2)3)10-8-7-9-15(4,5)12-16/h13H,6-12,16H2,1-5H3. The minimum Gasteiger partial charge on any atom is -0.465 e. The third kappa shape index (κ3) is 9.00. The largest absolute Gasteiger partial charge is 0.465 e. The number of carbonyl (C=O) groups excluding carboxylic acids is 1. The Morgan fingerprint density at radius 2 is 1.95 bits per heavy atom. The Bertz CT molecular complexity index is 253. The van der Waals surface area contributed by atoms with E-state index in [0.29, 0.717) is 19.2 Å². The van der Waals surface area contributed by atoms with Crippen LogP contribution in [0.3, 0.4) is 0 Å². The van der Waals surface area contributed by atoms with Gasteiger partial charge < -0.3 is 10.5 Å². The summed E-state index contributed by atoms with van der Waals surface area (Å²) in [6, 6.07) is 0.368. The second-order valence-electron chi connectivity index (χ2n) is 6.19. The van der Waals surface area contributed by atoms with Crippen molar-refractivity contribution in [1.82, 2.24) is 4.90 Å². The van der Waals surface area contributed by atoms with E-state index >= 15 is 0 Å². The van der Waals surface area contributed by atoms with Gasteiger partial charge in [-0.15, -0.1) is 0 Å². The van der Waals surface area contributed by atoms with E-state index in [4.69, 9.17) is 10.5 Å². The van der Waals surface area contributed by atoms with Gasteiger partial charge in [-0.1, -0.05) is 20.3 Å². The summed E-state index contributed by atoms with van der Waals surface area (Å²) in [5.41, 5.74) is 5.95. The Morgan fingerprint density at radius 3 is 2.42 bits per heavy atom. The number of carbonyl (C=O) groups is 1. The maximum absolute atomic E-state index is 11.5. The lowest BCUT2D eigenvalue weighted by atomic mass is 9.87. The highest BCUT2D eigenvalue weighted by Gasteiger charge is 2.17. The fourth-order valence-electron chi connectivity index (χ4n) is 1.91. The summed E-state index contributed by atoms with van der Waals surface area (Å²) in [7, 11) is 0. The van der Waals surface area contributed by atoms with Crippen LogP contribution >= 0.6 is 0 Å². The Labute approximate surface area is 118 Å². The Morgan fingerprint density at radius 1 is 1.32 bits per heavy atom. The van der Waals surface area contributed by atoms with E-state index in [1.165, 1.54) is 0 Å². The molecule has 114 valence electrons. The van der Waals surface area contributed by atoms with Gasteiger partial charge in [0.05, 0.1) is 13.2 Å². The molecule has 0 heterocycles. The average molecular weight is 272 g/mol. The first-order valence-electron chi connectivity index (χ1n) is 7.42. The Kier molecular flexibility index (Phi) is 9.02. The predicted octanol–water partition coefficient (Wildman–Crippen LogP) is 2.42. The van der Waals surface area contributed by atoms with Gasteiger partial charge in [0.2, 0.25) is 0 Å². The molecule has 0 aliphatic rings. The molecule has 0 saturated carbocycles. The van der Waals surface area contributed by atoms with E-state index in [0.717, 1.165) is 32.4 Å². The minimum absolute atomic E-state index is 0.126. The number of unbranched alkanes of at least 4 members (excludes halogenated alkanes) is 1. The molecule has 2 N–H and O–H groups in total. The smallest absolute Gasteiger partial charge is 0.320 e. The number of rotatable bonds is 10. The lowest BCUT2D eigenvalue weighted by Gasteiger charge is -2.26. The van der Waals surface area contributed by atoms with E-state index in [9.17, 15) is 4.79 Å². The molecule has 4 heteroatoms. The maximum Gasteiger partial charge on any atom is 0.320 e. The topological polar surface area (TPSA) is 55.6 Å². The van der Waals surface area contributed by atoms with Gasteiger partial charge in [0.15, 0.2) is 0 Å². The highest BCUT2D eigenvalue weighted by molar-refractivity contribution is 5.71. The molecule has 0 spiro atoms. The molecule has 0 saturated heterocycles. The molecular weight excluding hydrogens is 240 g/mol. The van der Waals surface area contributed by atoms with Gasteiger partial charge in [-0.2, -0.15) is 0 Å². The SMILES string of the molecule is CCOC(=O)CN(CCCCC(C)(C)CN)C(C)C. The second-order valence-corrected chi connectivity index (χ2v) is 6.19. The Balaban J connectivity index is 3.99. The van der Waals surface area contributed by atoms with Crippen molar-refractivity contribution in [2.75, 3.05) is 26.2 Å². The summed E-state index contributed by atoms with van der Waals surface area (Å²) in [6.45, 7) is 13.0. The second kappa shape index (κ2) is 9.32. The van der Waals surface area contributed by atoms with Crippen molar-refractivity contribution in [1.29, 1.82) is 0 Å². The monoisotopic (exact) mass is 272 g/mol. The van der Waals surface area contributed by atoms with E-state index in [1.54, 1.807) is 0 Å². The van der Waals surface area contributed by atoms with Crippen molar-refractivity contribution in [3.05, 3.63) is 0 Å². The normalized spacial score (nSPS) is 12.2. The summed E-state index contributed by atoms with van der Waals surface area (Å²) in [5, 5.41) is 0. The number of hydrogen-bond donors (Lipinski definition) is 1. The number of nitrogens with two attached hydrogens (primary N) is 1.